The summed E-state index contributed by atoms with van der Waals surface area (Å²) in [4.78, 5) is 25.5. The summed E-state index contributed by atoms with van der Waals surface area (Å²) in [6.07, 6.45) is 8.56. The molecule has 0 aromatic rings. The molecule has 7 atom stereocenters. The number of fused-ring (bicyclic) bond motifs is 4. The third-order valence-electron chi connectivity index (χ3n) is 10.2. The van der Waals surface area contributed by atoms with E-state index in [9.17, 15) is 19.8 Å². The molecule has 33 heavy (non-hydrogen) atoms. The lowest BCUT2D eigenvalue weighted by Crippen LogP contribution is -2.55. The predicted octanol–water partition coefficient (Wildman–Crippen LogP) is 4.35. The van der Waals surface area contributed by atoms with Gasteiger partial charge in [-0.3, -0.25) is 4.79 Å². The van der Waals surface area contributed by atoms with E-state index in [2.05, 4.69) is 13.0 Å². The van der Waals surface area contributed by atoms with Gasteiger partial charge in [-0.1, -0.05) is 36.6 Å². The number of ether oxygens (including phenoxy) is 1. The predicted molar refractivity (Wildman–Crippen MR) is 125 cm³/mol. The summed E-state index contributed by atoms with van der Waals surface area (Å²) in [5, 5.41) is 22.8. The van der Waals surface area contributed by atoms with E-state index in [-0.39, 0.29) is 29.7 Å². The van der Waals surface area contributed by atoms with E-state index in [4.69, 9.17) is 4.74 Å². The second-order valence-electron chi connectivity index (χ2n) is 11.4. The number of carbonyl (C=O) groups is 2. The average Bonchev–Trinajstić information content (AvgIpc) is 3.06. The Morgan fingerprint density at radius 1 is 1.18 bits per heavy atom. The van der Waals surface area contributed by atoms with Gasteiger partial charge in [0, 0.05) is 23.3 Å². The molecular weight excluding hydrogens is 416 g/mol. The highest BCUT2D eigenvalue weighted by molar-refractivity contribution is 5.99. The normalized spacial score (nSPS) is 43.6. The van der Waals surface area contributed by atoms with Gasteiger partial charge in [0.25, 0.3) is 0 Å². The standard InChI is InChI=1S/C28H36O5/c1-15-14-23(33-25(31)16(15)2)17(3)28(32)13-11-19-18-6-7-21-22(29)8-9-24(30)27(21,5)20(18)10-12-26(19,28)4/h7-9,17,20,22-23,29,32H,6,10-14H2,1-5H3/t17-,20+,22+,23+,26+,27-,28+/m1/s1. The van der Waals surface area contributed by atoms with Crippen LogP contribution in [0.15, 0.2) is 46.1 Å². The number of rotatable bonds is 2. The first-order valence-corrected chi connectivity index (χ1v) is 12.4. The molecule has 0 bridgehead atoms. The van der Waals surface area contributed by atoms with E-state index in [1.54, 1.807) is 19.1 Å². The zero-order valence-corrected chi connectivity index (χ0v) is 20.4. The molecule has 5 aliphatic rings. The maximum atomic E-state index is 13.1. The zero-order valence-electron chi connectivity index (χ0n) is 20.4. The summed E-state index contributed by atoms with van der Waals surface area (Å²) in [6, 6.07) is 0. The largest absolute Gasteiger partial charge is 0.458 e. The summed E-state index contributed by atoms with van der Waals surface area (Å²) >= 11 is 0. The van der Waals surface area contributed by atoms with Gasteiger partial charge in [0.2, 0.25) is 0 Å². The molecular formula is C28H36O5. The van der Waals surface area contributed by atoms with Crippen molar-refractivity contribution >= 4 is 11.8 Å². The minimum absolute atomic E-state index is 0.0608. The van der Waals surface area contributed by atoms with E-state index in [0.29, 0.717) is 18.4 Å². The Bertz CT molecular complexity index is 1060. The van der Waals surface area contributed by atoms with Crippen molar-refractivity contribution in [3.05, 3.63) is 46.1 Å². The minimum Gasteiger partial charge on any atom is -0.458 e. The second kappa shape index (κ2) is 7.26. The number of aliphatic hydroxyl groups excluding tert-OH is 1. The van der Waals surface area contributed by atoms with Gasteiger partial charge in [-0.15, -0.1) is 0 Å². The molecule has 0 saturated heterocycles. The summed E-state index contributed by atoms with van der Waals surface area (Å²) in [7, 11) is 0. The Hall–Kier alpha value is -1.98. The van der Waals surface area contributed by atoms with Crippen LogP contribution < -0.4 is 0 Å². The van der Waals surface area contributed by atoms with Crippen LogP contribution in [0, 0.1) is 22.7 Å². The molecule has 5 nitrogen and oxygen atoms in total. The maximum Gasteiger partial charge on any atom is 0.333 e. The first-order valence-electron chi connectivity index (χ1n) is 12.4. The van der Waals surface area contributed by atoms with Crippen molar-refractivity contribution < 1.29 is 24.5 Å². The SMILES string of the molecule is CC1=C(C)C(=O)O[C@H]([C@@H](C)[C@@]2(O)CCC3=C4CC=C5[C@@H](O)C=CC(=O)[C@]5(C)[C@H]4CC[C@@]32C)C1. The van der Waals surface area contributed by atoms with Gasteiger partial charge >= 0.3 is 5.97 Å². The van der Waals surface area contributed by atoms with Crippen molar-refractivity contribution in [1.29, 1.82) is 0 Å². The molecule has 5 heteroatoms. The van der Waals surface area contributed by atoms with Crippen molar-refractivity contribution in [3.63, 3.8) is 0 Å². The van der Waals surface area contributed by atoms with Gasteiger partial charge in [0.15, 0.2) is 5.78 Å². The Morgan fingerprint density at radius 3 is 2.61 bits per heavy atom. The molecule has 1 fully saturated rings. The molecule has 0 spiro atoms. The highest BCUT2D eigenvalue weighted by atomic mass is 16.5. The lowest BCUT2D eigenvalue weighted by atomic mass is 9.51. The van der Waals surface area contributed by atoms with Crippen molar-refractivity contribution in [1.82, 2.24) is 0 Å². The molecule has 0 radical (unpaired) electrons. The van der Waals surface area contributed by atoms with Gasteiger partial charge in [-0.25, -0.2) is 4.79 Å². The Labute approximate surface area is 196 Å². The number of ketones is 1. The number of carbonyl (C=O) groups excluding carboxylic acids is 2. The van der Waals surface area contributed by atoms with Crippen molar-refractivity contribution in [3.8, 4) is 0 Å². The van der Waals surface area contributed by atoms with E-state index >= 15 is 0 Å². The quantitative estimate of drug-likeness (QED) is 0.481. The summed E-state index contributed by atoms with van der Waals surface area (Å²) in [6.45, 7) is 9.97. The van der Waals surface area contributed by atoms with Crippen LogP contribution in [-0.4, -0.2) is 39.8 Å². The molecule has 1 saturated carbocycles. The summed E-state index contributed by atoms with van der Waals surface area (Å²) < 4.78 is 5.79. The fourth-order valence-electron chi connectivity index (χ4n) is 7.77. The number of cyclic esters (lactones) is 1. The van der Waals surface area contributed by atoms with Gasteiger partial charge in [0.1, 0.15) is 6.10 Å². The molecule has 0 aromatic heterocycles. The Morgan fingerprint density at radius 2 is 1.91 bits per heavy atom. The summed E-state index contributed by atoms with van der Waals surface area (Å²) in [5.41, 5.74) is 3.02. The monoisotopic (exact) mass is 452 g/mol. The number of hydrogen-bond acceptors (Lipinski definition) is 5. The average molecular weight is 453 g/mol. The smallest absolute Gasteiger partial charge is 0.333 e. The van der Waals surface area contributed by atoms with E-state index in [1.165, 1.54) is 11.1 Å². The Balaban J connectivity index is 1.53. The molecule has 4 aliphatic carbocycles. The number of esters is 1. The third kappa shape index (κ3) is 2.84. The maximum absolute atomic E-state index is 13.1. The third-order valence-corrected chi connectivity index (χ3v) is 10.2. The molecule has 0 amide bonds. The highest BCUT2D eigenvalue weighted by Crippen LogP contribution is 2.65. The number of hydrogen-bond donors (Lipinski definition) is 2. The van der Waals surface area contributed by atoms with Crippen LogP contribution in [-0.2, 0) is 14.3 Å². The van der Waals surface area contributed by atoms with Crippen LogP contribution in [0.1, 0.15) is 73.1 Å². The lowest BCUT2D eigenvalue weighted by molar-refractivity contribution is -0.164. The first kappa shape index (κ1) is 22.8. The zero-order chi connectivity index (χ0) is 23.9. The van der Waals surface area contributed by atoms with Crippen molar-refractivity contribution in [2.75, 3.05) is 0 Å². The Kier molecular flexibility index (Phi) is 5.01. The molecule has 178 valence electrons. The topological polar surface area (TPSA) is 83.8 Å². The van der Waals surface area contributed by atoms with Crippen LogP contribution >= 0.6 is 0 Å². The van der Waals surface area contributed by atoms with E-state index in [0.717, 1.165) is 36.8 Å². The van der Waals surface area contributed by atoms with Gasteiger partial charge in [-0.2, -0.15) is 0 Å². The molecule has 0 aromatic carbocycles. The van der Waals surface area contributed by atoms with Crippen LogP contribution in [0.2, 0.25) is 0 Å². The number of allylic oxidation sites excluding steroid dienone is 3. The molecule has 5 rings (SSSR count). The van der Waals surface area contributed by atoms with Crippen LogP contribution in [0.5, 0.6) is 0 Å². The molecule has 2 N–H and O–H groups in total. The first-order chi connectivity index (χ1) is 15.4. The highest BCUT2D eigenvalue weighted by Gasteiger charge is 2.63. The number of aliphatic hydroxyl groups is 2. The fourth-order valence-corrected chi connectivity index (χ4v) is 7.77. The molecule has 0 unspecified atom stereocenters. The van der Waals surface area contributed by atoms with Crippen LogP contribution in [0.25, 0.3) is 0 Å². The molecule has 1 heterocycles. The van der Waals surface area contributed by atoms with Crippen LogP contribution in [0.3, 0.4) is 0 Å². The second-order valence-corrected chi connectivity index (χ2v) is 11.4. The van der Waals surface area contributed by atoms with Crippen LogP contribution in [0.4, 0.5) is 0 Å². The lowest BCUT2D eigenvalue weighted by Gasteiger charge is -2.54. The van der Waals surface area contributed by atoms with E-state index in [1.807, 2.05) is 20.8 Å². The van der Waals surface area contributed by atoms with Crippen molar-refractivity contribution in [2.24, 2.45) is 22.7 Å². The summed E-state index contributed by atoms with van der Waals surface area (Å²) in [5.74, 6) is -0.343. The van der Waals surface area contributed by atoms with Gasteiger partial charge in [-0.05, 0) is 76.5 Å². The molecule has 1 aliphatic heterocycles. The van der Waals surface area contributed by atoms with Crippen molar-refractivity contribution in [2.45, 2.75) is 91.0 Å². The fraction of sp³-hybridized carbons (Fsp3) is 0.643. The van der Waals surface area contributed by atoms with Gasteiger partial charge < -0.3 is 14.9 Å². The van der Waals surface area contributed by atoms with E-state index < -0.39 is 22.5 Å². The van der Waals surface area contributed by atoms with Gasteiger partial charge in [0.05, 0.1) is 17.1 Å². The minimum atomic E-state index is -0.975.